The normalized spacial score (nSPS) is 17.8. The minimum absolute atomic E-state index is 0.510. The molecule has 0 spiro atoms. The molecule has 3 nitrogen and oxygen atoms in total. The van der Waals surface area contributed by atoms with Crippen molar-refractivity contribution in [1.82, 2.24) is 15.1 Å². The summed E-state index contributed by atoms with van der Waals surface area (Å²) in [5.41, 5.74) is 2.90. The first-order valence-corrected chi connectivity index (χ1v) is 8.96. The Morgan fingerprint density at radius 3 is 2.41 bits per heavy atom. The summed E-state index contributed by atoms with van der Waals surface area (Å²) in [6.45, 7) is 11.4. The van der Waals surface area contributed by atoms with Crippen LogP contribution >= 0.6 is 0 Å². The Morgan fingerprint density at radius 1 is 1.14 bits per heavy atom. The van der Waals surface area contributed by atoms with Gasteiger partial charge < -0.3 is 5.32 Å². The first-order chi connectivity index (χ1) is 10.7. The van der Waals surface area contributed by atoms with Gasteiger partial charge >= 0.3 is 0 Å². The maximum Gasteiger partial charge on any atom is 0.0472 e. The molecule has 1 unspecified atom stereocenters. The topological polar surface area (TPSA) is 18.5 Å². The molecule has 0 aromatic heterocycles. The number of hydrogen-bond donors (Lipinski definition) is 1. The summed E-state index contributed by atoms with van der Waals surface area (Å²) in [7, 11) is 2.29. The van der Waals surface area contributed by atoms with Crippen LogP contribution in [0.3, 0.4) is 0 Å². The molecular weight excluding hydrogens is 270 g/mol. The summed E-state index contributed by atoms with van der Waals surface area (Å²) in [5, 5.41) is 3.45. The fourth-order valence-corrected chi connectivity index (χ4v) is 3.18. The summed E-state index contributed by atoms with van der Waals surface area (Å²) in [6.07, 6.45) is 3.66. The van der Waals surface area contributed by atoms with Gasteiger partial charge in [-0.05, 0) is 37.6 Å². The number of rotatable bonds is 8. The van der Waals surface area contributed by atoms with Gasteiger partial charge in [-0.2, -0.15) is 0 Å². The van der Waals surface area contributed by atoms with Crippen molar-refractivity contribution in [3.05, 3.63) is 35.4 Å². The van der Waals surface area contributed by atoms with Gasteiger partial charge in [0.25, 0.3) is 0 Å². The Hall–Kier alpha value is -0.900. The number of hydrogen-bond acceptors (Lipinski definition) is 3. The summed E-state index contributed by atoms with van der Waals surface area (Å²) in [6, 6.07) is 9.79. The van der Waals surface area contributed by atoms with Crippen LogP contribution in [0.15, 0.2) is 24.3 Å². The van der Waals surface area contributed by atoms with Gasteiger partial charge in [-0.15, -0.1) is 0 Å². The lowest BCUT2D eigenvalue weighted by atomic mass is 10.0. The van der Waals surface area contributed by atoms with Crippen LogP contribution in [0.2, 0.25) is 0 Å². The van der Waals surface area contributed by atoms with Gasteiger partial charge in [-0.3, -0.25) is 9.80 Å². The van der Waals surface area contributed by atoms with E-state index in [2.05, 4.69) is 60.3 Å². The predicted octanol–water partition coefficient (Wildman–Crippen LogP) is 2.93. The van der Waals surface area contributed by atoms with Crippen molar-refractivity contribution in [3.63, 3.8) is 0 Å². The third kappa shape index (κ3) is 5.08. The minimum Gasteiger partial charge on any atom is -0.314 e. The van der Waals surface area contributed by atoms with E-state index in [1.54, 1.807) is 0 Å². The van der Waals surface area contributed by atoms with Crippen molar-refractivity contribution in [2.75, 3.05) is 46.3 Å². The average Bonchev–Trinajstić information content (AvgIpc) is 2.58. The lowest BCUT2D eigenvalue weighted by Gasteiger charge is -2.35. The van der Waals surface area contributed by atoms with Gasteiger partial charge in [0, 0.05) is 38.8 Å². The van der Waals surface area contributed by atoms with Crippen LogP contribution in [0.1, 0.15) is 43.9 Å². The van der Waals surface area contributed by atoms with Gasteiger partial charge in [0.2, 0.25) is 0 Å². The van der Waals surface area contributed by atoms with E-state index in [4.69, 9.17) is 0 Å². The van der Waals surface area contributed by atoms with Crippen LogP contribution in [-0.4, -0.2) is 56.1 Å². The average molecular weight is 303 g/mol. The second-order valence-electron chi connectivity index (χ2n) is 6.50. The molecule has 0 bridgehead atoms. The molecule has 1 aliphatic heterocycles. The Morgan fingerprint density at radius 2 is 1.82 bits per heavy atom. The molecule has 1 N–H and O–H groups in total. The highest BCUT2D eigenvalue weighted by atomic mass is 15.2. The molecule has 1 saturated heterocycles. The van der Waals surface area contributed by atoms with Crippen LogP contribution in [0.25, 0.3) is 0 Å². The van der Waals surface area contributed by atoms with E-state index in [9.17, 15) is 0 Å². The SMILES string of the molecule is CCCCN(C)C(CN1CCNCC1)c1ccc(CC)cc1. The van der Waals surface area contributed by atoms with Crippen molar-refractivity contribution in [3.8, 4) is 0 Å². The van der Waals surface area contributed by atoms with E-state index in [0.29, 0.717) is 6.04 Å². The Labute approximate surface area is 136 Å². The molecule has 2 rings (SSSR count). The molecular formula is C19H33N3. The number of piperazine rings is 1. The monoisotopic (exact) mass is 303 g/mol. The van der Waals surface area contributed by atoms with E-state index in [1.165, 1.54) is 43.6 Å². The van der Waals surface area contributed by atoms with Crippen LogP contribution in [0.5, 0.6) is 0 Å². The van der Waals surface area contributed by atoms with E-state index < -0.39 is 0 Å². The second-order valence-corrected chi connectivity index (χ2v) is 6.50. The molecule has 0 amide bonds. The zero-order chi connectivity index (χ0) is 15.8. The van der Waals surface area contributed by atoms with Crippen molar-refractivity contribution in [2.45, 2.75) is 39.2 Å². The Balaban J connectivity index is 2.07. The lowest BCUT2D eigenvalue weighted by molar-refractivity contribution is 0.149. The summed E-state index contributed by atoms with van der Waals surface area (Å²) in [4.78, 5) is 5.16. The first-order valence-electron chi connectivity index (χ1n) is 8.96. The molecule has 1 aromatic rings. The van der Waals surface area contributed by atoms with Crippen LogP contribution in [-0.2, 0) is 6.42 Å². The predicted molar refractivity (Wildman–Crippen MR) is 95.4 cm³/mol. The molecule has 124 valence electrons. The highest BCUT2D eigenvalue weighted by molar-refractivity contribution is 5.25. The smallest absolute Gasteiger partial charge is 0.0472 e. The molecule has 1 aromatic carbocycles. The largest absolute Gasteiger partial charge is 0.314 e. The quantitative estimate of drug-likeness (QED) is 0.796. The summed E-state index contributed by atoms with van der Waals surface area (Å²) < 4.78 is 0. The molecule has 3 heteroatoms. The van der Waals surface area contributed by atoms with Crippen molar-refractivity contribution in [2.24, 2.45) is 0 Å². The van der Waals surface area contributed by atoms with E-state index in [-0.39, 0.29) is 0 Å². The highest BCUT2D eigenvalue weighted by Gasteiger charge is 2.21. The van der Waals surface area contributed by atoms with Crippen molar-refractivity contribution < 1.29 is 0 Å². The molecule has 22 heavy (non-hydrogen) atoms. The van der Waals surface area contributed by atoms with E-state index >= 15 is 0 Å². The standard InChI is InChI=1S/C19H33N3/c1-4-6-13-21(3)19(16-22-14-11-20-12-15-22)18-9-7-17(5-2)8-10-18/h7-10,19-20H,4-6,11-16H2,1-3H3. The van der Waals surface area contributed by atoms with Gasteiger partial charge in [-0.25, -0.2) is 0 Å². The third-order valence-corrected chi connectivity index (χ3v) is 4.81. The number of unbranched alkanes of at least 4 members (excludes halogenated alkanes) is 1. The second kappa shape index (κ2) is 9.29. The van der Waals surface area contributed by atoms with Gasteiger partial charge in [0.1, 0.15) is 0 Å². The molecule has 1 aliphatic rings. The first kappa shape index (κ1) is 17.5. The number of likely N-dealkylation sites (N-methyl/N-ethyl adjacent to an activating group) is 1. The summed E-state index contributed by atoms with van der Waals surface area (Å²) in [5.74, 6) is 0. The van der Waals surface area contributed by atoms with Crippen molar-refractivity contribution >= 4 is 0 Å². The van der Waals surface area contributed by atoms with Gasteiger partial charge in [0.15, 0.2) is 0 Å². The number of aryl methyl sites for hydroxylation is 1. The molecule has 0 saturated carbocycles. The Kier molecular flexibility index (Phi) is 7.37. The third-order valence-electron chi connectivity index (χ3n) is 4.81. The number of benzene rings is 1. The molecule has 1 fully saturated rings. The van der Waals surface area contributed by atoms with Gasteiger partial charge in [-0.1, -0.05) is 44.5 Å². The van der Waals surface area contributed by atoms with Crippen molar-refractivity contribution in [1.29, 1.82) is 0 Å². The fourth-order valence-electron chi connectivity index (χ4n) is 3.18. The van der Waals surface area contributed by atoms with Crippen LogP contribution < -0.4 is 5.32 Å². The number of nitrogens with one attached hydrogen (secondary N) is 1. The van der Waals surface area contributed by atoms with Gasteiger partial charge in [0.05, 0.1) is 0 Å². The molecule has 0 radical (unpaired) electrons. The molecule has 1 atom stereocenters. The zero-order valence-electron chi connectivity index (χ0n) is 14.6. The molecule has 1 heterocycles. The molecule has 0 aliphatic carbocycles. The maximum absolute atomic E-state index is 3.45. The Bertz CT molecular complexity index is 409. The zero-order valence-corrected chi connectivity index (χ0v) is 14.6. The van der Waals surface area contributed by atoms with Crippen LogP contribution in [0, 0.1) is 0 Å². The van der Waals surface area contributed by atoms with Crippen LogP contribution in [0.4, 0.5) is 0 Å². The summed E-state index contributed by atoms with van der Waals surface area (Å²) >= 11 is 0. The van der Waals surface area contributed by atoms with E-state index in [1.807, 2.05) is 0 Å². The maximum atomic E-state index is 3.45. The number of nitrogens with zero attached hydrogens (tertiary/aromatic N) is 2. The minimum atomic E-state index is 0.510. The lowest BCUT2D eigenvalue weighted by Crippen LogP contribution is -2.47. The fraction of sp³-hybridized carbons (Fsp3) is 0.684. The highest BCUT2D eigenvalue weighted by Crippen LogP contribution is 2.22. The van der Waals surface area contributed by atoms with E-state index in [0.717, 1.165) is 26.1 Å².